The summed E-state index contributed by atoms with van der Waals surface area (Å²) in [6, 6.07) is 14.2. The number of thiazole rings is 1. The Labute approximate surface area is 134 Å². The molecule has 22 heavy (non-hydrogen) atoms. The number of hydrogen-bond acceptors (Lipinski definition) is 3. The average molecular weight is 310 g/mol. The van der Waals surface area contributed by atoms with Gasteiger partial charge in [-0.25, -0.2) is 4.98 Å². The Hall–Kier alpha value is -2.20. The van der Waals surface area contributed by atoms with Gasteiger partial charge < -0.3 is 5.32 Å². The quantitative estimate of drug-likeness (QED) is 0.750. The van der Waals surface area contributed by atoms with Crippen molar-refractivity contribution in [1.29, 1.82) is 0 Å². The van der Waals surface area contributed by atoms with Gasteiger partial charge in [-0.05, 0) is 30.7 Å². The number of amides is 1. The number of aryl methyl sites for hydroxylation is 1. The topological polar surface area (TPSA) is 42.0 Å². The van der Waals surface area contributed by atoms with Crippen LogP contribution in [0.2, 0.25) is 0 Å². The third-order valence-electron chi connectivity index (χ3n) is 3.56. The normalized spacial score (nSPS) is 11.1. The van der Waals surface area contributed by atoms with Crippen LogP contribution in [0.1, 0.15) is 19.4 Å². The molecule has 112 valence electrons. The van der Waals surface area contributed by atoms with Gasteiger partial charge in [0.1, 0.15) is 5.01 Å². The van der Waals surface area contributed by atoms with Crippen LogP contribution in [-0.4, -0.2) is 10.9 Å². The minimum Gasteiger partial charge on any atom is -0.326 e. The molecule has 0 atom stereocenters. The molecule has 2 aromatic carbocycles. The number of anilines is 1. The van der Waals surface area contributed by atoms with Gasteiger partial charge >= 0.3 is 0 Å². The molecule has 1 aromatic heterocycles. The number of carbonyl (C=O) groups excluding carboxylic acids is 1. The van der Waals surface area contributed by atoms with Crippen LogP contribution in [0.5, 0.6) is 0 Å². The first-order valence-electron chi connectivity index (χ1n) is 7.32. The van der Waals surface area contributed by atoms with E-state index in [1.54, 1.807) is 11.3 Å². The summed E-state index contributed by atoms with van der Waals surface area (Å²) in [7, 11) is 0. The number of aromatic nitrogens is 1. The predicted molar refractivity (Wildman–Crippen MR) is 93.3 cm³/mol. The molecule has 0 bridgehead atoms. The van der Waals surface area contributed by atoms with Crippen molar-refractivity contribution in [2.75, 3.05) is 5.32 Å². The van der Waals surface area contributed by atoms with E-state index in [1.165, 1.54) is 4.70 Å². The van der Waals surface area contributed by atoms with Crippen LogP contribution in [0.25, 0.3) is 20.8 Å². The van der Waals surface area contributed by atoms with Crippen LogP contribution in [0.3, 0.4) is 0 Å². The van der Waals surface area contributed by atoms with Gasteiger partial charge in [-0.3, -0.25) is 4.79 Å². The van der Waals surface area contributed by atoms with Crippen LogP contribution in [-0.2, 0) is 4.79 Å². The maximum absolute atomic E-state index is 11.9. The minimum atomic E-state index is -0.0366. The molecular weight excluding hydrogens is 292 g/mol. The van der Waals surface area contributed by atoms with Crippen molar-refractivity contribution in [3.05, 3.63) is 48.0 Å². The van der Waals surface area contributed by atoms with E-state index in [-0.39, 0.29) is 11.8 Å². The molecule has 0 saturated heterocycles. The number of benzene rings is 2. The summed E-state index contributed by atoms with van der Waals surface area (Å²) >= 11 is 1.67. The number of carbonyl (C=O) groups is 1. The van der Waals surface area contributed by atoms with E-state index >= 15 is 0 Å². The van der Waals surface area contributed by atoms with E-state index in [4.69, 9.17) is 0 Å². The van der Waals surface area contributed by atoms with E-state index < -0.39 is 0 Å². The molecule has 1 amide bonds. The van der Waals surface area contributed by atoms with E-state index in [9.17, 15) is 4.79 Å². The van der Waals surface area contributed by atoms with Crippen molar-refractivity contribution in [2.24, 2.45) is 5.92 Å². The Morgan fingerprint density at radius 1 is 1.18 bits per heavy atom. The van der Waals surface area contributed by atoms with Gasteiger partial charge in [0.25, 0.3) is 0 Å². The lowest BCUT2D eigenvalue weighted by Gasteiger charge is -2.11. The zero-order valence-corrected chi connectivity index (χ0v) is 13.7. The van der Waals surface area contributed by atoms with Gasteiger partial charge in [-0.1, -0.05) is 38.1 Å². The molecule has 0 spiro atoms. The molecule has 0 aliphatic heterocycles. The van der Waals surface area contributed by atoms with E-state index in [0.29, 0.717) is 0 Å². The van der Waals surface area contributed by atoms with Gasteiger partial charge in [0.15, 0.2) is 0 Å². The molecule has 0 fully saturated rings. The molecule has 4 heteroatoms. The minimum absolute atomic E-state index is 0.0320. The first-order valence-corrected chi connectivity index (χ1v) is 8.13. The van der Waals surface area contributed by atoms with Crippen molar-refractivity contribution in [2.45, 2.75) is 20.8 Å². The van der Waals surface area contributed by atoms with E-state index in [0.717, 1.165) is 27.3 Å². The van der Waals surface area contributed by atoms with E-state index in [1.807, 2.05) is 51.1 Å². The monoisotopic (exact) mass is 310 g/mol. The number of nitrogens with one attached hydrogen (secondary N) is 1. The summed E-state index contributed by atoms with van der Waals surface area (Å²) in [4.78, 5) is 16.6. The molecule has 0 saturated carbocycles. The zero-order chi connectivity index (χ0) is 15.7. The Balaban J connectivity index is 1.99. The standard InChI is InChI=1S/C18H18N2OS/c1-11(2)17(21)19-15-10-13(9-8-12(15)3)18-20-14-6-4-5-7-16(14)22-18/h4-11H,1-3H3,(H,19,21). The van der Waals surface area contributed by atoms with Crippen molar-refractivity contribution < 1.29 is 4.79 Å². The number of fused-ring (bicyclic) bond motifs is 1. The number of hydrogen-bond donors (Lipinski definition) is 1. The highest BCUT2D eigenvalue weighted by atomic mass is 32.1. The fourth-order valence-electron chi connectivity index (χ4n) is 2.16. The van der Waals surface area contributed by atoms with Crippen LogP contribution in [0, 0.1) is 12.8 Å². The zero-order valence-electron chi connectivity index (χ0n) is 12.9. The molecule has 0 radical (unpaired) electrons. The molecule has 3 aromatic rings. The highest BCUT2D eigenvalue weighted by molar-refractivity contribution is 7.21. The lowest BCUT2D eigenvalue weighted by molar-refractivity contribution is -0.118. The highest BCUT2D eigenvalue weighted by Crippen LogP contribution is 2.32. The van der Waals surface area contributed by atoms with Gasteiger partial charge in [0.2, 0.25) is 5.91 Å². The fraction of sp³-hybridized carbons (Fsp3) is 0.222. The van der Waals surface area contributed by atoms with Gasteiger partial charge in [-0.2, -0.15) is 0 Å². The molecule has 0 aliphatic rings. The molecule has 0 aliphatic carbocycles. The summed E-state index contributed by atoms with van der Waals surface area (Å²) in [5.41, 5.74) is 3.95. The molecule has 0 unspecified atom stereocenters. The molecule has 3 rings (SSSR count). The van der Waals surface area contributed by atoms with Crippen LogP contribution >= 0.6 is 11.3 Å². The number of nitrogens with zero attached hydrogens (tertiary/aromatic N) is 1. The van der Waals surface area contributed by atoms with Gasteiger partial charge in [0.05, 0.1) is 10.2 Å². The predicted octanol–water partition coefficient (Wildman–Crippen LogP) is 4.87. The first-order chi connectivity index (χ1) is 10.5. The Morgan fingerprint density at radius 2 is 1.95 bits per heavy atom. The second kappa shape index (κ2) is 5.89. The average Bonchev–Trinajstić information content (AvgIpc) is 2.93. The Kier molecular flexibility index (Phi) is 3.94. The van der Waals surface area contributed by atoms with Crippen molar-refractivity contribution in [3.63, 3.8) is 0 Å². The molecular formula is C18H18N2OS. The van der Waals surface area contributed by atoms with Crippen LogP contribution in [0.4, 0.5) is 5.69 Å². The second-order valence-corrected chi connectivity index (χ2v) is 6.69. The second-order valence-electron chi connectivity index (χ2n) is 5.66. The van der Waals surface area contributed by atoms with Crippen LogP contribution < -0.4 is 5.32 Å². The fourth-order valence-corrected chi connectivity index (χ4v) is 3.12. The number of rotatable bonds is 3. The smallest absolute Gasteiger partial charge is 0.226 e. The van der Waals surface area contributed by atoms with E-state index in [2.05, 4.69) is 22.4 Å². The van der Waals surface area contributed by atoms with Crippen molar-refractivity contribution >= 4 is 33.1 Å². The summed E-state index contributed by atoms with van der Waals surface area (Å²) < 4.78 is 1.17. The van der Waals surface area contributed by atoms with Gasteiger partial charge in [0, 0.05) is 17.2 Å². The number of para-hydroxylation sites is 1. The lowest BCUT2D eigenvalue weighted by Crippen LogP contribution is -2.18. The van der Waals surface area contributed by atoms with Gasteiger partial charge in [-0.15, -0.1) is 11.3 Å². The summed E-state index contributed by atoms with van der Waals surface area (Å²) in [6.07, 6.45) is 0. The maximum atomic E-state index is 11.9. The van der Waals surface area contributed by atoms with Crippen molar-refractivity contribution in [3.8, 4) is 10.6 Å². The Morgan fingerprint density at radius 3 is 2.68 bits per heavy atom. The summed E-state index contributed by atoms with van der Waals surface area (Å²) in [6.45, 7) is 5.78. The molecule has 1 N–H and O–H groups in total. The van der Waals surface area contributed by atoms with Crippen molar-refractivity contribution in [1.82, 2.24) is 4.98 Å². The molecule has 3 nitrogen and oxygen atoms in total. The summed E-state index contributed by atoms with van der Waals surface area (Å²) in [5.74, 6) is -0.00458. The lowest BCUT2D eigenvalue weighted by atomic mass is 10.1. The maximum Gasteiger partial charge on any atom is 0.226 e. The Bertz CT molecular complexity index is 803. The highest BCUT2D eigenvalue weighted by Gasteiger charge is 2.11. The SMILES string of the molecule is Cc1ccc(-c2nc3ccccc3s2)cc1NC(=O)C(C)C. The molecule has 1 heterocycles. The largest absolute Gasteiger partial charge is 0.326 e. The van der Waals surface area contributed by atoms with Crippen LogP contribution in [0.15, 0.2) is 42.5 Å². The first kappa shape index (κ1) is 14.7. The summed E-state index contributed by atoms with van der Waals surface area (Å²) in [5, 5.41) is 3.96. The third-order valence-corrected chi connectivity index (χ3v) is 4.65. The third kappa shape index (κ3) is 2.88.